The van der Waals surface area contributed by atoms with Crippen molar-refractivity contribution in [3.63, 3.8) is 0 Å². The fourth-order valence-electron chi connectivity index (χ4n) is 4.93. The number of fused-ring (bicyclic) bond motifs is 1. The summed E-state index contributed by atoms with van der Waals surface area (Å²) in [5, 5.41) is 12.0. The van der Waals surface area contributed by atoms with Crippen molar-refractivity contribution in [2.24, 2.45) is 0 Å². The number of amides is 3. The van der Waals surface area contributed by atoms with Crippen LogP contribution in [0.5, 0.6) is 5.75 Å². The molecule has 1 atom stereocenters. The Kier molecular flexibility index (Phi) is 6.34. The largest absolute Gasteiger partial charge is 0.489 e. The van der Waals surface area contributed by atoms with Crippen LogP contribution in [0.25, 0.3) is 0 Å². The minimum absolute atomic E-state index is 0.165. The normalized spacial score (nSPS) is 21.5. The van der Waals surface area contributed by atoms with Crippen LogP contribution in [0.2, 0.25) is 0 Å². The van der Waals surface area contributed by atoms with Crippen molar-refractivity contribution in [2.75, 3.05) is 13.1 Å². The van der Waals surface area contributed by atoms with Gasteiger partial charge in [-0.05, 0) is 42.5 Å². The summed E-state index contributed by atoms with van der Waals surface area (Å²) < 4.78 is 6.09. The highest BCUT2D eigenvalue weighted by atomic mass is 16.5. The Hall–Kier alpha value is -3.23. The minimum atomic E-state index is -0.638. The lowest BCUT2D eigenvalue weighted by Gasteiger charge is -2.29. The Morgan fingerprint density at radius 3 is 2.44 bits per heavy atom. The lowest BCUT2D eigenvalue weighted by molar-refractivity contribution is -0.136. The molecule has 0 aliphatic carbocycles. The summed E-state index contributed by atoms with van der Waals surface area (Å²) in [5.41, 5.74) is 3.58. The number of aliphatic hydroxyl groups excluding tert-OH is 1. The van der Waals surface area contributed by atoms with Gasteiger partial charge in [0, 0.05) is 37.2 Å². The molecule has 0 saturated carbocycles. The van der Waals surface area contributed by atoms with E-state index in [0.29, 0.717) is 30.9 Å². The van der Waals surface area contributed by atoms with Gasteiger partial charge >= 0.3 is 0 Å². The molecule has 3 aliphatic heterocycles. The van der Waals surface area contributed by atoms with Gasteiger partial charge in [0.15, 0.2) is 0 Å². The zero-order valence-electron chi connectivity index (χ0n) is 19.0. The lowest BCUT2D eigenvalue weighted by atomic mass is 10.0. The number of ether oxygens (including phenoxy) is 1. The SMILES string of the molecule is O=C1CCC(N2Cc3c(OCc4ccc(CN5CCC(O)CC5)cc4)cccc3C2=O)C(=O)N1. The van der Waals surface area contributed by atoms with Gasteiger partial charge in [0.1, 0.15) is 18.4 Å². The topological polar surface area (TPSA) is 99.2 Å². The summed E-state index contributed by atoms with van der Waals surface area (Å²) in [6.45, 7) is 3.37. The zero-order valence-corrected chi connectivity index (χ0v) is 19.0. The van der Waals surface area contributed by atoms with E-state index in [1.807, 2.05) is 6.07 Å². The predicted molar refractivity (Wildman–Crippen MR) is 124 cm³/mol. The first-order valence-electron chi connectivity index (χ1n) is 11.9. The van der Waals surface area contributed by atoms with E-state index in [9.17, 15) is 19.5 Å². The van der Waals surface area contributed by atoms with Gasteiger partial charge in [-0.25, -0.2) is 0 Å². The van der Waals surface area contributed by atoms with Crippen molar-refractivity contribution < 1.29 is 24.2 Å². The van der Waals surface area contributed by atoms with Crippen LogP contribution in [0.1, 0.15) is 52.7 Å². The summed E-state index contributed by atoms with van der Waals surface area (Å²) in [6.07, 6.45) is 2.07. The molecular formula is C26H29N3O5. The van der Waals surface area contributed by atoms with Crippen molar-refractivity contribution in [3.05, 3.63) is 64.7 Å². The molecular weight excluding hydrogens is 434 g/mol. The van der Waals surface area contributed by atoms with E-state index in [1.54, 1.807) is 12.1 Å². The van der Waals surface area contributed by atoms with Gasteiger partial charge in [-0.2, -0.15) is 0 Å². The molecule has 178 valence electrons. The molecule has 3 aliphatic rings. The first-order chi connectivity index (χ1) is 16.5. The smallest absolute Gasteiger partial charge is 0.255 e. The molecule has 0 aromatic heterocycles. The van der Waals surface area contributed by atoms with E-state index in [1.165, 1.54) is 10.5 Å². The highest BCUT2D eigenvalue weighted by molar-refractivity contribution is 6.05. The van der Waals surface area contributed by atoms with Crippen LogP contribution in [0.15, 0.2) is 42.5 Å². The number of benzene rings is 2. The number of hydrogen-bond acceptors (Lipinski definition) is 6. The molecule has 0 bridgehead atoms. The van der Waals surface area contributed by atoms with E-state index in [2.05, 4.69) is 34.5 Å². The van der Waals surface area contributed by atoms with Crippen molar-refractivity contribution >= 4 is 17.7 Å². The maximum Gasteiger partial charge on any atom is 0.255 e. The number of imide groups is 1. The molecule has 2 aromatic carbocycles. The predicted octanol–water partition coefficient (Wildman–Crippen LogP) is 1.98. The van der Waals surface area contributed by atoms with Gasteiger partial charge in [-0.1, -0.05) is 30.3 Å². The average molecular weight is 464 g/mol. The van der Waals surface area contributed by atoms with Crippen LogP contribution in [0.3, 0.4) is 0 Å². The van der Waals surface area contributed by atoms with Gasteiger partial charge in [-0.3, -0.25) is 24.6 Å². The van der Waals surface area contributed by atoms with Crippen LogP contribution in [-0.4, -0.2) is 57.9 Å². The second-order valence-electron chi connectivity index (χ2n) is 9.29. The maximum atomic E-state index is 13.0. The third kappa shape index (κ3) is 4.69. The average Bonchev–Trinajstić information content (AvgIpc) is 3.17. The fraction of sp³-hybridized carbons (Fsp3) is 0.423. The third-order valence-corrected chi connectivity index (χ3v) is 6.92. The summed E-state index contributed by atoms with van der Waals surface area (Å²) >= 11 is 0. The summed E-state index contributed by atoms with van der Waals surface area (Å²) in [5.74, 6) is -0.281. The highest BCUT2D eigenvalue weighted by Crippen LogP contribution is 2.34. The first-order valence-corrected chi connectivity index (χ1v) is 11.9. The molecule has 3 heterocycles. The van der Waals surface area contributed by atoms with Gasteiger partial charge < -0.3 is 14.7 Å². The number of carbonyl (C=O) groups is 3. The lowest BCUT2D eigenvalue weighted by Crippen LogP contribution is -2.52. The van der Waals surface area contributed by atoms with E-state index in [-0.39, 0.29) is 24.3 Å². The van der Waals surface area contributed by atoms with Gasteiger partial charge in [0.2, 0.25) is 11.8 Å². The molecule has 0 spiro atoms. The van der Waals surface area contributed by atoms with Crippen LogP contribution in [0, 0.1) is 0 Å². The fourth-order valence-corrected chi connectivity index (χ4v) is 4.93. The summed E-state index contributed by atoms with van der Waals surface area (Å²) in [6, 6.07) is 13.1. The Balaban J connectivity index is 1.21. The molecule has 0 radical (unpaired) electrons. The number of rotatable bonds is 6. The van der Waals surface area contributed by atoms with Crippen molar-refractivity contribution in [1.82, 2.24) is 15.1 Å². The number of nitrogens with zero attached hydrogens (tertiary/aromatic N) is 2. The Labute approximate surface area is 198 Å². The quantitative estimate of drug-likeness (QED) is 0.636. The number of hydrogen-bond donors (Lipinski definition) is 2. The van der Waals surface area contributed by atoms with E-state index < -0.39 is 11.9 Å². The number of likely N-dealkylation sites (tertiary alicyclic amines) is 1. The molecule has 5 rings (SSSR count). The van der Waals surface area contributed by atoms with E-state index >= 15 is 0 Å². The van der Waals surface area contributed by atoms with Crippen molar-refractivity contribution in [3.8, 4) is 5.75 Å². The molecule has 8 heteroatoms. The molecule has 2 aromatic rings. The molecule has 2 saturated heterocycles. The Morgan fingerprint density at radius 1 is 0.971 bits per heavy atom. The molecule has 8 nitrogen and oxygen atoms in total. The first kappa shape index (κ1) is 22.6. The summed E-state index contributed by atoms with van der Waals surface area (Å²) in [4.78, 5) is 40.6. The number of aliphatic hydroxyl groups is 1. The molecule has 1 unspecified atom stereocenters. The molecule has 2 N–H and O–H groups in total. The van der Waals surface area contributed by atoms with Crippen LogP contribution in [-0.2, 0) is 29.3 Å². The maximum absolute atomic E-state index is 13.0. The molecule has 2 fully saturated rings. The van der Waals surface area contributed by atoms with Gasteiger partial charge in [0.25, 0.3) is 5.91 Å². The molecule has 3 amide bonds. The molecule has 34 heavy (non-hydrogen) atoms. The van der Waals surface area contributed by atoms with Crippen molar-refractivity contribution in [1.29, 1.82) is 0 Å². The van der Waals surface area contributed by atoms with Crippen molar-refractivity contribution in [2.45, 2.75) is 57.5 Å². The van der Waals surface area contributed by atoms with Crippen LogP contribution >= 0.6 is 0 Å². The highest BCUT2D eigenvalue weighted by Gasteiger charge is 2.40. The zero-order chi connectivity index (χ0) is 23.7. The summed E-state index contributed by atoms with van der Waals surface area (Å²) in [7, 11) is 0. The Morgan fingerprint density at radius 2 is 1.71 bits per heavy atom. The minimum Gasteiger partial charge on any atom is -0.489 e. The van der Waals surface area contributed by atoms with Gasteiger partial charge in [-0.15, -0.1) is 0 Å². The second-order valence-corrected chi connectivity index (χ2v) is 9.29. The van der Waals surface area contributed by atoms with E-state index in [4.69, 9.17) is 4.74 Å². The second kappa shape index (κ2) is 9.56. The van der Waals surface area contributed by atoms with Crippen LogP contribution in [0.4, 0.5) is 0 Å². The standard InChI is InChI=1S/C26H29N3O5/c30-19-10-12-28(13-11-19)14-17-4-6-18(7-5-17)16-34-23-3-1-2-20-21(23)15-29(26(20)33)22-8-9-24(31)27-25(22)32/h1-7,19,22,30H,8-16H2,(H,27,31,32). The number of piperidine rings is 2. The van der Waals surface area contributed by atoms with E-state index in [0.717, 1.165) is 43.6 Å². The monoisotopic (exact) mass is 463 g/mol. The third-order valence-electron chi connectivity index (χ3n) is 6.92. The number of nitrogens with one attached hydrogen (secondary N) is 1. The Bertz CT molecular complexity index is 1090. The number of carbonyl (C=O) groups excluding carboxylic acids is 3. The van der Waals surface area contributed by atoms with Crippen LogP contribution < -0.4 is 10.1 Å². The van der Waals surface area contributed by atoms with Gasteiger partial charge in [0.05, 0.1) is 12.6 Å².